The van der Waals surface area contributed by atoms with Crippen LogP contribution in [0.3, 0.4) is 0 Å². The van der Waals surface area contributed by atoms with E-state index in [-0.39, 0.29) is 0 Å². The molecule has 2 aromatic rings. The minimum Gasteiger partial charge on any atom is -0.384 e. The standard InChI is InChI=1S/C11H12N2S/c1-7-5-11(12)13-6-9(7)10-4-3-8(2)14-10/h3-6H,1-2H3,(H2,12,13). The van der Waals surface area contributed by atoms with Gasteiger partial charge in [0.2, 0.25) is 0 Å². The summed E-state index contributed by atoms with van der Waals surface area (Å²) in [6, 6.07) is 6.15. The van der Waals surface area contributed by atoms with Crippen molar-refractivity contribution in [3.63, 3.8) is 0 Å². The maximum absolute atomic E-state index is 5.60. The Kier molecular flexibility index (Phi) is 2.25. The molecule has 0 spiro atoms. The van der Waals surface area contributed by atoms with Gasteiger partial charge in [0, 0.05) is 21.5 Å². The van der Waals surface area contributed by atoms with Crippen LogP contribution in [-0.4, -0.2) is 4.98 Å². The molecular formula is C11H12N2S. The van der Waals surface area contributed by atoms with Crippen LogP contribution in [0.1, 0.15) is 10.4 Å². The number of nitrogens with two attached hydrogens (primary N) is 1. The third kappa shape index (κ3) is 1.63. The maximum Gasteiger partial charge on any atom is 0.123 e. The van der Waals surface area contributed by atoms with Crippen LogP contribution in [0.25, 0.3) is 10.4 Å². The van der Waals surface area contributed by atoms with Gasteiger partial charge in [-0.15, -0.1) is 11.3 Å². The molecule has 0 saturated heterocycles. The fourth-order valence-corrected chi connectivity index (χ4v) is 2.36. The van der Waals surface area contributed by atoms with Crippen molar-refractivity contribution < 1.29 is 0 Å². The molecule has 0 aliphatic heterocycles. The molecule has 0 fully saturated rings. The van der Waals surface area contributed by atoms with Crippen molar-refractivity contribution in [2.45, 2.75) is 13.8 Å². The summed E-state index contributed by atoms with van der Waals surface area (Å²) >= 11 is 1.78. The number of nitrogens with zero attached hydrogens (tertiary/aromatic N) is 1. The number of thiophene rings is 1. The average molecular weight is 204 g/mol. The molecule has 0 aliphatic rings. The average Bonchev–Trinajstić information content (AvgIpc) is 2.51. The lowest BCUT2D eigenvalue weighted by molar-refractivity contribution is 1.30. The first kappa shape index (κ1) is 9.21. The topological polar surface area (TPSA) is 38.9 Å². The van der Waals surface area contributed by atoms with Gasteiger partial charge in [-0.05, 0) is 37.6 Å². The fourth-order valence-electron chi connectivity index (χ4n) is 1.41. The molecule has 0 radical (unpaired) electrons. The van der Waals surface area contributed by atoms with E-state index in [1.807, 2.05) is 12.3 Å². The second kappa shape index (κ2) is 3.42. The van der Waals surface area contributed by atoms with Crippen molar-refractivity contribution in [2.75, 3.05) is 5.73 Å². The van der Waals surface area contributed by atoms with Gasteiger partial charge >= 0.3 is 0 Å². The molecule has 0 aromatic carbocycles. The molecule has 0 atom stereocenters. The Morgan fingerprint density at radius 1 is 1.29 bits per heavy atom. The maximum atomic E-state index is 5.60. The Bertz CT molecular complexity index is 460. The van der Waals surface area contributed by atoms with Gasteiger partial charge in [-0.1, -0.05) is 0 Å². The summed E-state index contributed by atoms with van der Waals surface area (Å²) in [6.07, 6.45) is 1.84. The van der Waals surface area contributed by atoms with E-state index >= 15 is 0 Å². The molecule has 14 heavy (non-hydrogen) atoms. The first-order valence-electron chi connectivity index (χ1n) is 4.46. The van der Waals surface area contributed by atoms with Crippen LogP contribution in [0, 0.1) is 13.8 Å². The highest BCUT2D eigenvalue weighted by molar-refractivity contribution is 7.15. The Morgan fingerprint density at radius 3 is 2.64 bits per heavy atom. The Balaban J connectivity index is 2.52. The number of anilines is 1. The molecule has 2 N–H and O–H groups in total. The summed E-state index contributed by atoms with van der Waals surface area (Å²) in [6.45, 7) is 4.16. The molecular weight excluding hydrogens is 192 g/mol. The highest BCUT2D eigenvalue weighted by Gasteiger charge is 2.04. The monoisotopic (exact) mass is 204 g/mol. The van der Waals surface area contributed by atoms with Crippen LogP contribution >= 0.6 is 11.3 Å². The van der Waals surface area contributed by atoms with Gasteiger partial charge in [0.25, 0.3) is 0 Å². The minimum absolute atomic E-state index is 0.583. The summed E-state index contributed by atoms with van der Waals surface area (Å²) < 4.78 is 0. The minimum atomic E-state index is 0.583. The molecule has 72 valence electrons. The number of rotatable bonds is 1. The first-order valence-corrected chi connectivity index (χ1v) is 5.27. The molecule has 0 saturated carbocycles. The lowest BCUT2D eigenvalue weighted by atomic mass is 10.1. The second-order valence-corrected chi connectivity index (χ2v) is 4.62. The van der Waals surface area contributed by atoms with Crippen molar-refractivity contribution in [2.24, 2.45) is 0 Å². The highest BCUT2D eigenvalue weighted by atomic mass is 32.1. The molecule has 0 unspecified atom stereocenters. The molecule has 2 rings (SSSR count). The third-order valence-corrected chi connectivity index (χ3v) is 3.17. The van der Waals surface area contributed by atoms with E-state index in [1.165, 1.54) is 20.9 Å². The normalized spacial score (nSPS) is 10.4. The van der Waals surface area contributed by atoms with Crippen molar-refractivity contribution in [3.8, 4) is 10.4 Å². The number of aromatic nitrogens is 1. The van der Waals surface area contributed by atoms with Crippen LogP contribution in [0.15, 0.2) is 24.4 Å². The van der Waals surface area contributed by atoms with E-state index < -0.39 is 0 Å². The van der Waals surface area contributed by atoms with Gasteiger partial charge in [0.1, 0.15) is 5.82 Å². The summed E-state index contributed by atoms with van der Waals surface area (Å²) in [4.78, 5) is 6.68. The zero-order chi connectivity index (χ0) is 10.1. The number of aryl methyl sites for hydroxylation is 2. The van der Waals surface area contributed by atoms with Gasteiger partial charge in [-0.3, -0.25) is 0 Å². The smallest absolute Gasteiger partial charge is 0.123 e. The molecule has 2 heterocycles. The van der Waals surface area contributed by atoms with Crippen LogP contribution in [-0.2, 0) is 0 Å². The van der Waals surface area contributed by atoms with Crippen LogP contribution in [0.5, 0.6) is 0 Å². The van der Waals surface area contributed by atoms with Gasteiger partial charge in [-0.2, -0.15) is 0 Å². The zero-order valence-electron chi connectivity index (χ0n) is 8.24. The molecule has 0 amide bonds. The number of nitrogen functional groups attached to an aromatic ring is 1. The summed E-state index contributed by atoms with van der Waals surface area (Å²) in [5.41, 5.74) is 7.96. The van der Waals surface area contributed by atoms with Crippen molar-refractivity contribution in [1.29, 1.82) is 0 Å². The predicted molar refractivity (Wildman–Crippen MR) is 61.4 cm³/mol. The van der Waals surface area contributed by atoms with E-state index in [0.29, 0.717) is 5.82 Å². The Labute approximate surface area is 87.4 Å². The third-order valence-electron chi connectivity index (χ3n) is 2.14. The van der Waals surface area contributed by atoms with Crippen LogP contribution < -0.4 is 5.73 Å². The van der Waals surface area contributed by atoms with Crippen LogP contribution in [0.2, 0.25) is 0 Å². The SMILES string of the molecule is Cc1ccc(-c2cnc(N)cc2C)s1. The molecule has 0 aliphatic carbocycles. The van der Waals surface area contributed by atoms with E-state index in [0.717, 1.165) is 0 Å². The van der Waals surface area contributed by atoms with Gasteiger partial charge in [0.15, 0.2) is 0 Å². The van der Waals surface area contributed by atoms with Crippen LogP contribution in [0.4, 0.5) is 5.82 Å². The summed E-state index contributed by atoms with van der Waals surface area (Å²) in [7, 11) is 0. The van der Waals surface area contributed by atoms with E-state index in [1.54, 1.807) is 11.3 Å². The van der Waals surface area contributed by atoms with E-state index in [2.05, 4.69) is 31.0 Å². The van der Waals surface area contributed by atoms with E-state index in [4.69, 9.17) is 5.73 Å². The van der Waals surface area contributed by atoms with Gasteiger partial charge in [0.05, 0.1) is 0 Å². The quantitative estimate of drug-likeness (QED) is 0.775. The van der Waals surface area contributed by atoms with Gasteiger partial charge in [-0.25, -0.2) is 4.98 Å². The molecule has 3 heteroatoms. The summed E-state index contributed by atoms with van der Waals surface area (Å²) in [5, 5.41) is 0. The zero-order valence-corrected chi connectivity index (χ0v) is 9.06. The Hall–Kier alpha value is -1.35. The van der Waals surface area contributed by atoms with Crippen molar-refractivity contribution in [3.05, 3.63) is 34.8 Å². The lowest BCUT2D eigenvalue weighted by Gasteiger charge is -2.02. The number of hydrogen-bond donors (Lipinski definition) is 1. The predicted octanol–water partition coefficient (Wildman–Crippen LogP) is 3.01. The second-order valence-electron chi connectivity index (χ2n) is 3.33. The molecule has 0 bridgehead atoms. The van der Waals surface area contributed by atoms with Crippen molar-refractivity contribution >= 4 is 17.2 Å². The summed E-state index contributed by atoms with van der Waals surface area (Å²) in [5.74, 6) is 0.583. The molecule has 2 aromatic heterocycles. The fraction of sp³-hybridized carbons (Fsp3) is 0.182. The molecule has 2 nitrogen and oxygen atoms in total. The van der Waals surface area contributed by atoms with Crippen molar-refractivity contribution in [1.82, 2.24) is 4.98 Å². The first-order chi connectivity index (χ1) is 6.66. The van der Waals surface area contributed by atoms with E-state index in [9.17, 15) is 0 Å². The highest BCUT2D eigenvalue weighted by Crippen LogP contribution is 2.29. The number of hydrogen-bond acceptors (Lipinski definition) is 3. The lowest BCUT2D eigenvalue weighted by Crippen LogP contribution is -1.91. The Morgan fingerprint density at radius 2 is 2.07 bits per heavy atom. The number of pyridine rings is 1. The van der Waals surface area contributed by atoms with Gasteiger partial charge < -0.3 is 5.73 Å². The largest absolute Gasteiger partial charge is 0.384 e.